The van der Waals surface area contributed by atoms with Crippen molar-refractivity contribution in [3.8, 4) is 0 Å². The maximum absolute atomic E-state index is 13.7. The van der Waals surface area contributed by atoms with Gasteiger partial charge in [-0.3, -0.25) is 4.79 Å². The first kappa shape index (κ1) is 19.6. The van der Waals surface area contributed by atoms with Crippen molar-refractivity contribution >= 4 is 62.4 Å². The van der Waals surface area contributed by atoms with Gasteiger partial charge in [-0.05, 0) is 28.4 Å². The van der Waals surface area contributed by atoms with Gasteiger partial charge >= 0.3 is 0 Å². The lowest BCUT2D eigenvalue weighted by molar-refractivity contribution is -0.113. The van der Waals surface area contributed by atoms with Crippen LogP contribution < -0.4 is 5.32 Å². The molecular weight excluding hydrogens is 440 g/mol. The zero-order valence-corrected chi connectivity index (χ0v) is 16.7. The molecule has 130 valence electrons. The van der Waals surface area contributed by atoms with E-state index in [2.05, 4.69) is 38.4 Å². The fourth-order valence-corrected chi connectivity index (χ4v) is 5.06. The number of benzene rings is 1. The minimum Gasteiger partial charge on any atom is -0.322 e. The van der Waals surface area contributed by atoms with E-state index in [1.807, 2.05) is 0 Å². The molecule has 0 saturated heterocycles. The number of aromatic nitrogens is 2. The van der Waals surface area contributed by atoms with E-state index in [-0.39, 0.29) is 15.9 Å². The number of hydrogen-bond donors (Lipinski definition) is 1. The van der Waals surface area contributed by atoms with Crippen molar-refractivity contribution in [2.75, 3.05) is 16.8 Å². The lowest BCUT2D eigenvalue weighted by Crippen LogP contribution is -2.15. The molecule has 0 bridgehead atoms. The fourth-order valence-electron chi connectivity index (χ4n) is 1.58. The van der Waals surface area contributed by atoms with E-state index in [0.717, 1.165) is 35.1 Å². The number of unbranched alkanes of at least 4 members (excludes halogenated alkanes) is 1. The fraction of sp³-hybridized carbons (Fsp3) is 0.357. The minimum atomic E-state index is -0.828. The van der Waals surface area contributed by atoms with E-state index < -0.39 is 17.5 Å². The van der Waals surface area contributed by atoms with Crippen molar-refractivity contribution in [2.45, 2.75) is 28.4 Å². The normalized spacial score (nSPS) is 10.8. The molecule has 0 saturated carbocycles. The molecule has 2 rings (SSSR count). The van der Waals surface area contributed by atoms with Gasteiger partial charge < -0.3 is 5.32 Å². The first-order chi connectivity index (χ1) is 11.5. The van der Waals surface area contributed by atoms with Crippen LogP contribution in [0.25, 0.3) is 0 Å². The average Bonchev–Trinajstić information content (AvgIpc) is 2.97. The first-order valence-electron chi connectivity index (χ1n) is 7.03. The van der Waals surface area contributed by atoms with Crippen molar-refractivity contribution in [1.82, 2.24) is 10.2 Å². The quantitative estimate of drug-likeness (QED) is 0.439. The maximum Gasteiger partial charge on any atom is 0.234 e. The number of halogens is 3. The SMILES string of the molecule is CCCCSc1nnc(SCC(=O)Nc2c(F)cc(F)cc2Br)s1. The van der Waals surface area contributed by atoms with Crippen LogP contribution in [-0.2, 0) is 4.79 Å². The van der Waals surface area contributed by atoms with Gasteiger partial charge in [0.05, 0.1) is 11.4 Å². The summed E-state index contributed by atoms with van der Waals surface area (Å²) in [5, 5.41) is 10.5. The molecule has 0 unspecified atom stereocenters. The van der Waals surface area contributed by atoms with Gasteiger partial charge in [-0.2, -0.15) is 0 Å². The highest BCUT2D eigenvalue weighted by atomic mass is 79.9. The number of nitrogens with zero attached hydrogens (tertiary/aromatic N) is 2. The molecule has 0 aliphatic heterocycles. The third-order valence-electron chi connectivity index (χ3n) is 2.71. The molecule has 0 radical (unpaired) electrons. The summed E-state index contributed by atoms with van der Waals surface area (Å²) < 4.78 is 28.4. The van der Waals surface area contributed by atoms with Crippen LogP contribution in [-0.4, -0.2) is 27.6 Å². The number of anilines is 1. The molecule has 0 spiro atoms. The molecule has 0 aliphatic rings. The van der Waals surface area contributed by atoms with Gasteiger partial charge in [-0.25, -0.2) is 8.78 Å². The van der Waals surface area contributed by atoms with Crippen LogP contribution in [0.4, 0.5) is 14.5 Å². The second-order valence-electron chi connectivity index (χ2n) is 4.62. The summed E-state index contributed by atoms with van der Waals surface area (Å²) in [6, 6.07) is 1.81. The standard InChI is InChI=1S/C14H14BrF2N3OS3/c1-2-3-4-22-13-19-20-14(24-13)23-7-11(21)18-12-9(15)5-8(16)6-10(12)17/h5-6H,2-4,7H2,1H3,(H,18,21). The summed E-state index contributed by atoms with van der Waals surface area (Å²) in [7, 11) is 0. The predicted molar refractivity (Wildman–Crippen MR) is 99.0 cm³/mol. The summed E-state index contributed by atoms with van der Waals surface area (Å²) in [4.78, 5) is 11.9. The number of amides is 1. The average molecular weight is 454 g/mol. The molecule has 1 aromatic carbocycles. The van der Waals surface area contributed by atoms with Gasteiger partial charge in [0.15, 0.2) is 14.5 Å². The predicted octanol–water partition coefficient (Wildman–Crippen LogP) is 5.20. The number of nitrogens with one attached hydrogen (secondary N) is 1. The molecule has 1 N–H and O–H groups in total. The van der Waals surface area contributed by atoms with Gasteiger partial charge in [0.2, 0.25) is 5.91 Å². The van der Waals surface area contributed by atoms with Crippen molar-refractivity contribution in [3.63, 3.8) is 0 Å². The van der Waals surface area contributed by atoms with Gasteiger partial charge in [0.1, 0.15) is 5.82 Å². The highest BCUT2D eigenvalue weighted by molar-refractivity contribution is 9.10. The van der Waals surface area contributed by atoms with Crippen LogP contribution in [0, 0.1) is 11.6 Å². The summed E-state index contributed by atoms with van der Waals surface area (Å²) in [5.41, 5.74) is -0.0740. The highest BCUT2D eigenvalue weighted by Gasteiger charge is 2.14. The number of rotatable bonds is 8. The molecule has 1 aromatic heterocycles. The van der Waals surface area contributed by atoms with E-state index in [4.69, 9.17) is 0 Å². The summed E-state index contributed by atoms with van der Waals surface area (Å²) in [6.45, 7) is 2.13. The lowest BCUT2D eigenvalue weighted by Gasteiger charge is -2.08. The molecular formula is C14H14BrF2N3OS3. The Morgan fingerprint density at radius 1 is 1.29 bits per heavy atom. The number of hydrogen-bond acceptors (Lipinski definition) is 6. The van der Waals surface area contributed by atoms with Gasteiger partial charge in [-0.1, -0.05) is 48.2 Å². The Labute approximate surface area is 159 Å². The Bertz CT molecular complexity index is 691. The number of carbonyl (C=O) groups is 1. The molecule has 4 nitrogen and oxygen atoms in total. The van der Waals surface area contributed by atoms with Gasteiger partial charge in [0, 0.05) is 16.3 Å². The van der Waals surface area contributed by atoms with Crippen molar-refractivity contribution in [1.29, 1.82) is 0 Å². The van der Waals surface area contributed by atoms with Crippen molar-refractivity contribution in [2.24, 2.45) is 0 Å². The molecule has 1 amide bonds. The Kier molecular flexibility index (Phi) is 7.92. The molecule has 0 aliphatic carbocycles. The monoisotopic (exact) mass is 453 g/mol. The van der Waals surface area contributed by atoms with Crippen LogP contribution in [0.5, 0.6) is 0 Å². The molecule has 2 aromatic rings. The number of thioether (sulfide) groups is 2. The second-order valence-corrected chi connectivity index (χ2v) is 9.01. The Hall–Kier alpha value is -0.710. The molecule has 24 heavy (non-hydrogen) atoms. The molecule has 0 fully saturated rings. The van der Waals surface area contributed by atoms with E-state index in [9.17, 15) is 13.6 Å². The van der Waals surface area contributed by atoms with E-state index >= 15 is 0 Å². The smallest absolute Gasteiger partial charge is 0.234 e. The summed E-state index contributed by atoms with van der Waals surface area (Å²) in [5.74, 6) is -0.882. The van der Waals surface area contributed by atoms with Crippen molar-refractivity contribution < 1.29 is 13.6 Å². The first-order valence-corrected chi connectivity index (χ1v) is 10.6. The molecule has 10 heteroatoms. The third kappa shape index (κ3) is 5.98. The number of carbonyl (C=O) groups excluding carboxylic acids is 1. The Balaban J connectivity index is 1.85. The maximum atomic E-state index is 13.7. The molecule has 1 heterocycles. The Morgan fingerprint density at radius 2 is 2.00 bits per heavy atom. The zero-order valence-electron chi connectivity index (χ0n) is 12.6. The van der Waals surface area contributed by atoms with Crippen LogP contribution in [0.2, 0.25) is 0 Å². The minimum absolute atomic E-state index is 0.0670. The lowest BCUT2D eigenvalue weighted by atomic mass is 10.3. The van der Waals surface area contributed by atoms with Crippen LogP contribution in [0.3, 0.4) is 0 Å². The van der Waals surface area contributed by atoms with Crippen LogP contribution in [0.15, 0.2) is 25.3 Å². The summed E-state index contributed by atoms with van der Waals surface area (Å²) in [6.07, 6.45) is 2.25. The largest absolute Gasteiger partial charge is 0.322 e. The second kappa shape index (κ2) is 9.69. The van der Waals surface area contributed by atoms with E-state index in [1.54, 1.807) is 11.8 Å². The van der Waals surface area contributed by atoms with Gasteiger partial charge in [0.25, 0.3) is 0 Å². The molecule has 0 atom stereocenters. The topological polar surface area (TPSA) is 54.9 Å². The third-order valence-corrected chi connectivity index (χ3v) is 6.61. The summed E-state index contributed by atoms with van der Waals surface area (Å²) >= 11 is 7.34. The van der Waals surface area contributed by atoms with E-state index in [0.29, 0.717) is 4.34 Å². The van der Waals surface area contributed by atoms with Gasteiger partial charge in [-0.15, -0.1) is 10.2 Å². The zero-order chi connectivity index (χ0) is 17.5. The van der Waals surface area contributed by atoms with Crippen LogP contribution in [0.1, 0.15) is 19.8 Å². The van der Waals surface area contributed by atoms with E-state index in [1.165, 1.54) is 23.1 Å². The Morgan fingerprint density at radius 3 is 2.67 bits per heavy atom. The van der Waals surface area contributed by atoms with Crippen LogP contribution >= 0.6 is 50.8 Å². The highest BCUT2D eigenvalue weighted by Crippen LogP contribution is 2.30. The van der Waals surface area contributed by atoms with Crippen molar-refractivity contribution in [3.05, 3.63) is 28.2 Å².